The molecular weight excluding hydrogens is 176 g/mol. The Balaban J connectivity index is 2.02. The molecule has 1 aliphatic rings. The Morgan fingerprint density at radius 1 is 1.50 bits per heavy atom. The minimum absolute atomic E-state index is 0.0380. The Labute approximate surface area is 84.3 Å². The average Bonchev–Trinajstić information content (AvgIpc) is 2.17. The molecule has 0 radical (unpaired) electrons. The summed E-state index contributed by atoms with van der Waals surface area (Å²) < 4.78 is 5.00. The van der Waals surface area contributed by atoms with E-state index in [-0.39, 0.29) is 5.54 Å². The second-order valence-corrected chi connectivity index (χ2v) is 4.10. The predicted molar refractivity (Wildman–Crippen MR) is 55.3 cm³/mol. The number of pyridine rings is 1. The van der Waals surface area contributed by atoms with Crippen molar-refractivity contribution in [3.63, 3.8) is 0 Å². The van der Waals surface area contributed by atoms with E-state index in [9.17, 15) is 0 Å². The maximum absolute atomic E-state index is 6.15. The van der Waals surface area contributed by atoms with Crippen molar-refractivity contribution >= 4 is 0 Å². The first-order chi connectivity index (χ1) is 6.72. The van der Waals surface area contributed by atoms with Crippen LogP contribution in [0.3, 0.4) is 0 Å². The number of ether oxygens (including phenoxy) is 1. The van der Waals surface area contributed by atoms with E-state index >= 15 is 0 Å². The topological polar surface area (TPSA) is 48.1 Å². The van der Waals surface area contributed by atoms with E-state index < -0.39 is 0 Å². The van der Waals surface area contributed by atoms with E-state index in [0.29, 0.717) is 5.88 Å². The normalized spacial score (nSPS) is 18.7. The van der Waals surface area contributed by atoms with Crippen molar-refractivity contribution in [2.75, 3.05) is 7.11 Å². The van der Waals surface area contributed by atoms with Crippen molar-refractivity contribution in [3.8, 4) is 5.88 Å². The van der Waals surface area contributed by atoms with Gasteiger partial charge in [-0.25, -0.2) is 4.98 Å². The molecule has 1 aromatic rings. The lowest BCUT2D eigenvalue weighted by Crippen LogP contribution is -2.48. The largest absolute Gasteiger partial charge is 0.481 e. The summed E-state index contributed by atoms with van der Waals surface area (Å²) in [5.41, 5.74) is 7.39. The summed E-state index contributed by atoms with van der Waals surface area (Å²) in [7, 11) is 1.62. The molecule has 2 rings (SSSR count). The van der Waals surface area contributed by atoms with Crippen LogP contribution in [0.15, 0.2) is 18.3 Å². The lowest BCUT2D eigenvalue weighted by molar-refractivity contribution is 0.247. The molecular formula is C11H16N2O. The highest BCUT2D eigenvalue weighted by Crippen LogP contribution is 2.32. The predicted octanol–water partition coefficient (Wildman–Crippen LogP) is 1.51. The SMILES string of the molecule is COc1ccc(CC2(N)CCC2)cn1. The molecule has 1 aromatic heterocycles. The zero-order valence-electron chi connectivity index (χ0n) is 8.49. The molecule has 0 unspecified atom stereocenters. The number of methoxy groups -OCH3 is 1. The van der Waals surface area contributed by atoms with Crippen LogP contribution in [0, 0.1) is 0 Å². The molecule has 2 N–H and O–H groups in total. The van der Waals surface area contributed by atoms with Gasteiger partial charge in [0.25, 0.3) is 0 Å². The molecule has 0 aliphatic heterocycles. The number of aromatic nitrogens is 1. The van der Waals surface area contributed by atoms with Crippen molar-refractivity contribution < 1.29 is 4.74 Å². The van der Waals surface area contributed by atoms with Crippen molar-refractivity contribution in [1.29, 1.82) is 0 Å². The lowest BCUT2D eigenvalue weighted by Gasteiger charge is -2.38. The Morgan fingerprint density at radius 3 is 2.71 bits per heavy atom. The zero-order chi connectivity index (χ0) is 10.0. The highest BCUT2D eigenvalue weighted by atomic mass is 16.5. The van der Waals surface area contributed by atoms with E-state index in [2.05, 4.69) is 4.98 Å². The second kappa shape index (κ2) is 3.58. The minimum Gasteiger partial charge on any atom is -0.481 e. The van der Waals surface area contributed by atoms with Crippen LogP contribution in [-0.2, 0) is 6.42 Å². The van der Waals surface area contributed by atoms with Crippen LogP contribution in [0.5, 0.6) is 5.88 Å². The van der Waals surface area contributed by atoms with Gasteiger partial charge in [-0.1, -0.05) is 6.07 Å². The van der Waals surface area contributed by atoms with Crippen LogP contribution in [0.4, 0.5) is 0 Å². The van der Waals surface area contributed by atoms with Crippen molar-refractivity contribution in [1.82, 2.24) is 4.98 Å². The van der Waals surface area contributed by atoms with E-state index in [1.807, 2.05) is 18.3 Å². The molecule has 3 nitrogen and oxygen atoms in total. The highest BCUT2D eigenvalue weighted by Gasteiger charge is 2.32. The van der Waals surface area contributed by atoms with Gasteiger partial charge in [-0.2, -0.15) is 0 Å². The maximum Gasteiger partial charge on any atom is 0.212 e. The van der Waals surface area contributed by atoms with Gasteiger partial charge in [0.2, 0.25) is 5.88 Å². The van der Waals surface area contributed by atoms with Crippen LogP contribution < -0.4 is 10.5 Å². The van der Waals surface area contributed by atoms with Gasteiger partial charge in [0.05, 0.1) is 7.11 Å². The first-order valence-corrected chi connectivity index (χ1v) is 5.00. The lowest BCUT2D eigenvalue weighted by atomic mass is 9.74. The summed E-state index contributed by atoms with van der Waals surface area (Å²) in [6, 6.07) is 3.93. The second-order valence-electron chi connectivity index (χ2n) is 4.10. The number of rotatable bonds is 3. The molecule has 0 spiro atoms. The van der Waals surface area contributed by atoms with Gasteiger partial charge in [-0.15, -0.1) is 0 Å². The van der Waals surface area contributed by atoms with Gasteiger partial charge in [0, 0.05) is 17.8 Å². The van der Waals surface area contributed by atoms with Crippen molar-refractivity contribution in [2.45, 2.75) is 31.2 Å². The molecule has 1 saturated carbocycles. The molecule has 0 aromatic carbocycles. The quantitative estimate of drug-likeness (QED) is 0.789. The molecule has 0 saturated heterocycles. The summed E-state index contributed by atoms with van der Waals surface area (Å²) in [5.74, 6) is 0.661. The van der Waals surface area contributed by atoms with Crippen molar-refractivity contribution in [2.24, 2.45) is 5.73 Å². The molecule has 1 fully saturated rings. The van der Waals surface area contributed by atoms with Crippen LogP contribution in [0.2, 0.25) is 0 Å². The van der Waals surface area contributed by atoms with Gasteiger partial charge in [0.1, 0.15) is 0 Å². The van der Waals surface area contributed by atoms with Gasteiger partial charge in [-0.05, 0) is 31.2 Å². The molecule has 0 amide bonds. The van der Waals surface area contributed by atoms with E-state index in [0.717, 1.165) is 19.3 Å². The maximum atomic E-state index is 6.15. The van der Waals surface area contributed by atoms with E-state index in [4.69, 9.17) is 10.5 Å². The molecule has 1 aliphatic carbocycles. The molecule has 76 valence electrons. The number of nitrogens with two attached hydrogens (primary N) is 1. The summed E-state index contributed by atoms with van der Waals surface area (Å²) in [6.07, 6.45) is 6.33. The van der Waals surface area contributed by atoms with Gasteiger partial charge in [-0.3, -0.25) is 0 Å². The fourth-order valence-electron chi connectivity index (χ4n) is 1.85. The fourth-order valence-corrected chi connectivity index (χ4v) is 1.85. The third-order valence-electron chi connectivity index (χ3n) is 2.91. The number of nitrogens with zero attached hydrogens (tertiary/aromatic N) is 1. The Kier molecular flexibility index (Phi) is 2.42. The van der Waals surface area contributed by atoms with Crippen LogP contribution in [0.1, 0.15) is 24.8 Å². The first kappa shape index (κ1) is 9.46. The monoisotopic (exact) mass is 192 g/mol. The average molecular weight is 192 g/mol. The first-order valence-electron chi connectivity index (χ1n) is 5.00. The Bertz CT molecular complexity index is 304. The molecule has 14 heavy (non-hydrogen) atoms. The zero-order valence-corrected chi connectivity index (χ0v) is 8.49. The summed E-state index contributed by atoms with van der Waals surface area (Å²) in [4.78, 5) is 4.16. The third kappa shape index (κ3) is 1.87. The van der Waals surface area contributed by atoms with Gasteiger partial charge in [0.15, 0.2) is 0 Å². The number of hydrogen-bond donors (Lipinski definition) is 1. The van der Waals surface area contributed by atoms with Crippen LogP contribution in [-0.4, -0.2) is 17.6 Å². The van der Waals surface area contributed by atoms with E-state index in [1.165, 1.54) is 12.0 Å². The standard InChI is InChI=1S/C11H16N2O/c1-14-10-4-3-9(8-13-10)7-11(12)5-2-6-11/h3-4,8H,2,5-7,12H2,1H3. The fraction of sp³-hybridized carbons (Fsp3) is 0.545. The van der Waals surface area contributed by atoms with Crippen molar-refractivity contribution in [3.05, 3.63) is 23.9 Å². The molecule has 0 bridgehead atoms. The van der Waals surface area contributed by atoms with Gasteiger partial charge < -0.3 is 10.5 Å². The summed E-state index contributed by atoms with van der Waals surface area (Å²) >= 11 is 0. The molecule has 3 heteroatoms. The van der Waals surface area contributed by atoms with Gasteiger partial charge >= 0.3 is 0 Å². The Hall–Kier alpha value is -1.09. The molecule has 1 heterocycles. The third-order valence-corrected chi connectivity index (χ3v) is 2.91. The minimum atomic E-state index is 0.0380. The Morgan fingerprint density at radius 2 is 2.29 bits per heavy atom. The smallest absolute Gasteiger partial charge is 0.212 e. The number of hydrogen-bond acceptors (Lipinski definition) is 3. The summed E-state index contributed by atoms with van der Waals surface area (Å²) in [5, 5.41) is 0. The molecule has 0 atom stereocenters. The van der Waals surface area contributed by atoms with Crippen LogP contribution >= 0.6 is 0 Å². The summed E-state index contributed by atoms with van der Waals surface area (Å²) in [6.45, 7) is 0. The van der Waals surface area contributed by atoms with E-state index in [1.54, 1.807) is 7.11 Å². The highest BCUT2D eigenvalue weighted by molar-refractivity contribution is 5.20. The van der Waals surface area contributed by atoms with Crippen LogP contribution in [0.25, 0.3) is 0 Å².